The first-order valence-corrected chi connectivity index (χ1v) is 8.51. The number of alkyl halides is 2. The van der Waals surface area contributed by atoms with Gasteiger partial charge in [0.05, 0.1) is 30.4 Å². The van der Waals surface area contributed by atoms with Gasteiger partial charge in [-0.2, -0.15) is 5.10 Å². The van der Waals surface area contributed by atoms with Gasteiger partial charge in [0, 0.05) is 25.8 Å². The molecule has 0 spiro atoms. The van der Waals surface area contributed by atoms with E-state index in [1.165, 1.54) is 10.9 Å². The van der Waals surface area contributed by atoms with Crippen LogP contribution < -0.4 is 5.32 Å². The zero-order valence-corrected chi connectivity index (χ0v) is 12.6. The lowest BCUT2D eigenvalue weighted by Gasteiger charge is -2.14. The monoisotopic (exact) mass is 323 g/mol. The summed E-state index contributed by atoms with van der Waals surface area (Å²) in [5.74, 6) is -0.0907. The molecule has 0 aromatic carbocycles. The molecule has 0 radical (unpaired) electrons. The fourth-order valence-corrected chi connectivity index (χ4v) is 4.13. The van der Waals surface area contributed by atoms with Gasteiger partial charge in [-0.3, -0.25) is 4.68 Å². The highest BCUT2D eigenvalue weighted by Crippen LogP contribution is 2.30. The summed E-state index contributed by atoms with van der Waals surface area (Å²) >= 11 is 0. The lowest BCUT2D eigenvalue weighted by Crippen LogP contribution is -2.20. The van der Waals surface area contributed by atoms with Gasteiger partial charge in [-0.05, 0) is 6.42 Å². The molecule has 1 unspecified atom stereocenters. The summed E-state index contributed by atoms with van der Waals surface area (Å²) in [6.45, 7) is 1.28. The molecule has 1 N–H and O–H groups in total. The maximum atomic E-state index is 13.3. The largest absolute Gasteiger partial charge is 0.383 e. The Balaban J connectivity index is 2.13. The maximum Gasteiger partial charge on any atom is 0.280 e. The molecule has 0 amide bonds. The van der Waals surface area contributed by atoms with E-state index in [0.717, 1.165) is 0 Å². The van der Waals surface area contributed by atoms with Crippen LogP contribution in [0.15, 0.2) is 6.20 Å². The van der Waals surface area contributed by atoms with Crippen molar-refractivity contribution in [1.29, 1.82) is 0 Å². The molecule has 1 aromatic rings. The van der Waals surface area contributed by atoms with E-state index in [1.54, 1.807) is 7.11 Å². The molecule has 0 saturated carbocycles. The Morgan fingerprint density at radius 1 is 1.57 bits per heavy atom. The van der Waals surface area contributed by atoms with Crippen LogP contribution in [0.2, 0.25) is 0 Å². The number of hydrogen-bond donors (Lipinski definition) is 1. The van der Waals surface area contributed by atoms with Crippen LogP contribution >= 0.6 is 0 Å². The SMILES string of the molecule is COCCNCc1cnn(C2CCS(=O)(=O)C2)c1C(F)F. The lowest BCUT2D eigenvalue weighted by molar-refractivity contribution is 0.135. The first-order chi connectivity index (χ1) is 9.94. The van der Waals surface area contributed by atoms with E-state index >= 15 is 0 Å². The minimum Gasteiger partial charge on any atom is -0.383 e. The van der Waals surface area contributed by atoms with E-state index in [0.29, 0.717) is 25.1 Å². The molecule has 1 atom stereocenters. The second kappa shape index (κ2) is 6.80. The predicted octanol–water partition coefficient (Wildman–Crippen LogP) is 0.916. The molecular formula is C12H19F2N3O3S. The van der Waals surface area contributed by atoms with Crippen molar-refractivity contribution in [3.63, 3.8) is 0 Å². The normalized spacial score (nSPS) is 21.2. The molecule has 2 rings (SSSR count). The fraction of sp³-hybridized carbons (Fsp3) is 0.750. The van der Waals surface area contributed by atoms with Crippen molar-refractivity contribution in [2.75, 3.05) is 31.8 Å². The van der Waals surface area contributed by atoms with Crippen LogP contribution in [0.5, 0.6) is 0 Å². The highest BCUT2D eigenvalue weighted by molar-refractivity contribution is 7.91. The number of methoxy groups -OCH3 is 1. The first kappa shape index (κ1) is 16.3. The number of rotatable bonds is 7. The molecule has 1 aliphatic heterocycles. The van der Waals surface area contributed by atoms with Crippen LogP contribution in [0, 0.1) is 0 Å². The molecule has 120 valence electrons. The van der Waals surface area contributed by atoms with Gasteiger partial charge in [0.25, 0.3) is 6.43 Å². The Bertz CT molecular complexity index is 574. The molecule has 9 heteroatoms. The molecule has 0 aliphatic carbocycles. The lowest BCUT2D eigenvalue weighted by atomic mass is 10.2. The van der Waals surface area contributed by atoms with Crippen molar-refractivity contribution in [3.8, 4) is 0 Å². The van der Waals surface area contributed by atoms with Gasteiger partial charge in [0.1, 0.15) is 5.69 Å². The summed E-state index contributed by atoms with van der Waals surface area (Å²) in [6, 6.07) is -0.494. The van der Waals surface area contributed by atoms with E-state index in [-0.39, 0.29) is 23.7 Å². The van der Waals surface area contributed by atoms with Gasteiger partial charge >= 0.3 is 0 Å². The standard InChI is InChI=1S/C12H19F2N3O3S/c1-20-4-3-15-6-9-7-16-17(11(9)12(13)14)10-2-5-21(18,19)8-10/h7,10,12,15H,2-6,8H2,1H3. The van der Waals surface area contributed by atoms with E-state index in [2.05, 4.69) is 10.4 Å². The Kier molecular flexibility index (Phi) is 5.28. The third-order valence-corrected chi connectivity index (χ3v) is 5.22. The van der Waals surface area contributed by atoms with Crippen LogP contribution in [0.4, 0.5) is 8.78 Å². The molecule has 2 heterocycles. The quantitative estimate of drug-likeness (QED) is 0.755. The van der Waals surface area contributed by atoms with E-state index in [9.17, 15) is 17.2 Å². The Hall–Kier alpha value is -1.06. The minimum atomic E-state index is -3.14. The third kappa shape index (κ3) is 3.98. The van der Waals surface area contributed by atoms with Gasteiger partial charge < -0.3 is 10.1 Å². The van der Waals surface area contributed by atoms with Crippen molar-refractivity contribution in [2.45, 2.75) is 25.4 Å². The number of aromatic nitrogens is 2. The zero-order valence-electron chi connectivity index (χ0n) is 11.8. The summed E-state index contributed by atoms with van der Waals surface area (Å²) in [6.07, 6.45) is -0.970. The van der Waals surface area contributed by atoms with E-state index < -0.39 is 22.3 Å². The summed E-state index contributed by atoms with van der Waals surface area (Å²) in [5.41, 5.74) is 0.201. The highest BCUT2D eigenvalue weighted by Gasteiger charge is 2.33. The summed E-state index contributed by atoms with van der Waals surface area (Å²) in [4.78, 5) is 0. The van der Waals surface area contributed by atoms with Gasteiger partial charge in [0.2, 0.25) is 0 Å². The molecule has 1 saturated heterocycles. The summed E-state index contributed by atoms with van der Waals surface area (Å²) in [7, 11) is -1.58. The minimum absolute atomic E-state index is 0.0294. The molecule has 1 aromatic heterocycles. The number of hydrogen-bond acceptors (Lipinski definition) is 5. The van der Waals surface area contributed by atoms with Crippen LogP contribution in [0.25, 0.3) is 0 Å². The van der Waals surface area contributed by atoms with E-state index in [4.69, 9.17) is 4.74 Å². The van der Waals surface area contributed by atoms with Crippen LogP contribution in [0.1, 0.15) is 30.1 Å². The smallest absolute Gasteiger partial charge is 0.280 e. The van der Waals surface area contributed by atoms with Crippen LogP contribution in [0.3, 0.4) is 0 Å². The Labute approximate surface area is 122 Å². The summed E-state index contributed by atoms with van der Waals surface area (Å²) in [5, 5.41) is 6.97. The van der Waals surface area contributed by atoms with Gasteiger partial charge in [-0.25, -0.2) is 17.2 Å². The average molecular weight is 323 g/mol. The van der Waals surface area contributed by atoms with Gasteiger partial charge in [0.15, 0.2) is 9.84 Å². The molecule has 1 aliphatic rings. The average Bonchev–Trinajstić information content (AvgIpc) is 2.97. The second-order valence-electron chi connectivity index (χ2n) is 5.03. The predicted molar refractivity (Wildman–Crippen MR) is 73.1 cm³/mol. The van der Waals surface area contributed by atoms with E-state index in [1.807, 2.05) is 0 Å². The second-order valence-corrected chi connectivity index (χ2v) is 7.26. The molecule has 21 heavy (non-hydrogen) atoms. The maximum absolute atomic E-state index is 13.3. The number of halogens is 2. The molecule has 1 fully saturated rings. The number of nitrogens with zero attached hydrogens (tertiary/aromatic N) is 2. The number of ether oxygens (including phenoxy) is 1. The van der Waals surface area contributed by atoms with Gasteiger partial charge in [-0.15, -0.1) is 0 Å². The van der Waals surface area contributed by atoms with Crippen molar-refractivity contribution in [2.24, 2.45) is 0 Å². The number of nitrogens with one attached hydrogen (secondary N) is 1. The van der Waals surface area contributed by atoms with Crippen LogP contribution in [-0.2, 0) is 21.1 Å². The highest BCUT2D eigenvalue weighted by atomic mass is 32.2. The molecule has 6 nitrogen and oxygen atoms in total. The first-order valence-electron chi connectivity index (χ1n) is 6.69. The summed E-state index contributed by atoms with van der Waals surface area (Å²) < 4.78 is 55.6. The number of sulfone groups is 1. The zero-order chi connectivity index (χ0) is 15.5. The van der Waals surface area contributed by atoms with Crippen molar-refractivity contribution in [3.05, 3.63) is 17.5 Å². The Morgan fingerprint density at radius 2 is 2.33 bits per heavy atom. The third-order valence-electron chi connectivity index (χ3n) is 3.47. The topological polar surface area (TPSA) is 73.2 Å². The molecular weight excluding hydrogens is 304 g/mol. The van der Waals surface area contributed by atoms with Gasteiger partial charge in [-0.1, -0.05) is 0 Å². The van der Waals surface area contributed by atoms with Crippen molar-refractivity contribution in [1.82, 2.24) is 15.1 Å². The van der Waals surface area contributed by atoms with Crippen molar-refractivity contribution >= 4 is 9.84 Å². The van der Waals surface area contributed by atoms with Crippen molar-refractivity contribution < 1.29 is 21.9 Å². The Morgan fingerprint density at radius 3 is 2.90 bits per heavy atom. The molecule has 0 bridgehead atoms. The van der Waals surface area contributed by atoms with Crippen LogP contribution in [-0.4, -0.2) is 50.0 Å². The fourth-order valence-electron chi connectivity index (χ4n) is 2.44.